The van der Waals surface area contributed by atoms with Gasteiger partial charge in [-0.2, -0.15) is 0 Å². The molecule has 1 aromatic rings. The first-order valence-electron chi connectivity index (χ1n) is 12.0. The molecular formula is C24H39N5O2. The van der Waals surface area contributed by atoms with Gasteiger partial charge in [0.25, 0.3) is 0 Å². The molecule has 2 heterocycles. The fraction of sp³-hybridized carbons (Fsp3) is 0.708. The van der Waals surface area contributed by atoms with Crippen LogP contribution in [0, 0.1) is 0 Å². The number of urea groups is 1. The third kappa shape index (κ3) is 8.13. The summed E-state index contributed by atoms with van der Waals surface area (Å²) < 4.78 is 0. The molecule has 0 bridgehead atoms. The number of piperidine rings is 1. The molecule has 1 aliphatic heterocycles. The number of nitrogens with one attached hydrogen (secondary N) is 2. The van der Waals surface area contributed by atoms with Gasteiger partial charge in [0.15, 0.2) is 0 Å². The zero-order valence-corrected chi connectivity index (χ0v) is 19.0. The number of nitrogens with zero attached hydrogens (tertiary/aromatic N) is 3. The second kappa shape index (κ2) is 12.6. The fourth-order valence-corrected chi connectivity index (χ4v) is 4.65. The van der Waals surface area contributed by atoms with Crippen LogP contribution in [0.15, 0.2) is 24.4 Å². The van der Waals surface area contributed by atoms with Crippen molar-refractivity contribution in [1.29, 1.82) is 0 Å². The van der Waals surface area contributed by atoms with E-state index < -0.39 is 0 Å². The van der Waals surface area contributed by atoms with Gasteiger partial charge in [-0.1, -0.05) is 25.3 Å². The summed E-state index contributed by atoms with van der Waals surface area (Å²) in [4.78, 5) is 33.4. The van der Waals surface area contributed by atoms with Crippen molar-refractivity contribution in [2.45, 2.75) is 76.3 Å². The van der Waals surface area contributed by atoms with Crippen molar-refractivity contribution in [3.63, 3.8) is 0 Å². The van der Waals surface area contributed by atoms with Crippen molar-refractivity contribution in [2.24, 2.45) is 0 Å². The highest BCUT2D eigenvalue weighted by atomic mass is 16.2. The number of pyridine rings is 1. The van der Waals surface area contributed by atoms with Crippen LogP contribution in [-0.2, 0) is 11.2 Å². The van der Waals surface area contributed by atoms with Gasteiger partial charge in [-0.25, -0.2) is 4.79 Å². The molecule has 0 atom stereocenters. The Bertz CT molecular complexity index is 670. The molecule has 3 amide bonds. The predicted octanol–water partition coefficient (Wildman–Crippen LogP) is 2.96. The van der Waals surface area contributed by atoms with Gasteiger partial charge in [0.05, 0.1) is 0 Å². The molecule has 1 aliphatic carbocycles. The number of amides is 3. The number of carbonyl (C=O) groups is 2. The summed E-state index contributed by atoms with van der Waals surface area (Å²) in [5.74, 6) is 0.182. The Morgan fingerprint density at radius 3 is 2.61 bits per heavy atom. The maximum atomic E-state index is 12.6. The zero-order chi connectivity index (χ0) is 21.9. The molecule has 3 rings (SSSR count). The number of rotatable bonds is 9. The van der Waals surface area contributed by atoms with Crippen LogP contribution in [-0.4, -0.2) is 72.0 Å². The Hall–Kier alpha value is -2.15. The molecule has 0 radical (unpaired) electrons. The average Bonchev–Trinajstić information content (AvgIpc) is 2.81. The lowest BCUT2D eigenvalue weighted by Crippen LogP contribution is -2.46. The normalized spacial score (nSPS) is 18.5. The topological polar surface area (TPSA) is 77.6 Å². The molecule has 0 unspecified atom stereocenters. The first kappa shape index (κ1) is 23.5. The molecule has 2 aliphatic rings. The molecule has 31 heavy (non-hydrogen) atoms. The van der Waals surface area contributed by atoms with Gasteiger partial charge in [0.1, 0.15) is 0 Å². The summed E-state index contributed by atoms with van der Waals surface area (Å²) in [7, 11) is 1.93. The second-order valence-corrected chi connectivity index (χ2v) is 8.99. The molecule has 1 aromatic heterocycles. The minimum absolute atomic E-state index is 0.0919. The molecule has 7 nitrogen and oxygen atoms in total. The molecule has 172 valence electrons. The molecule has 1 saturated carbocycles. The molecular weight excluding hydrogens is 390 g/mol. The molecule has 7 heteroatoms. The lowest BCUT2D eigenvalue weighted by molar-refractivity contribution is -0.132. The molecule has 2 N–H and O–H groups in total. The molecule has 1 saturated heterocycles. The van der Waals surface area contributed by atoms with Crippen molar-refractivity contribution < 1.29 is 9.59 Å². The van der Waals surface area contributed by atoms with Crippen LogP contribution in [0.25, 0.3) is 0 Å². The van der Waals surface area contributed by atoms with Crippen LogP contribution < -0.4 is 10.6 Å². The van der Waals surface area contributed by atoms with E-state index in [1.54, 1.807) is 0 Å². The smallest absolute Gasteiger partial charge is 0.315 e. The number of aromatic nitrogens is 1. The van der Waals surface area contributed by atoms with Gasteiger partial charge in [-0.15, -0.1) is 0 Å². The largest absolute Gasteiger partial charge is 0.343 e. The van der Waals surface area contributed by atoms with Gasteiger partial charge in [-0.3, -0.25) is 9.78 Å². The second-order valence-electron chi connectivity index (χ2n) is 8.99. The lowest BCUT2D eigenvalue weighted by atomic mass is 9.96. The van der Waals surface area contributed by atoms with Crippen LogP contribution in [0.5, 0.6) is 0 Å². The molecule has 2 fully saturated rings. The lowest BCUT2D eigenvalue weighted by Gasteiger charge is -2.36. The van der Waals surface area contributed by atoms with Crippen molar-refractivity contribution in [3.8, 4) is 0 Å². The Morgan fingerprint density at radius 1 is 1.13 bits per heavy atom. The minimum Gasteiger partial charge on any atom is -0.343 e. The molecule has 0 spiro atoms. The van der Waals surface area contributed by atoms with E-state index in [4.69, 9.17) is 0 Å². The van der Waals surface area contributed by atoms with E-state index in [0.29, 0.717) is 31.5 Å². The van der Waals surface area contributed by atoms with E-state index >= 15 is 0 Å². The SMILES string of the molecule is CN(C(=O)CCCNC(=O)NC1CCCCC1)C1CCN(CCc2ccccn2)CC1. The van der Waals surface area contributed by atoms with Crippen LogP contribution in [0.3, 0.4) is 0 Å². The van der Waals surface area contributed by atoms with E-state index in [2.05, 4.69) is 26.6 Å². The van der Waals surface area contributed by atoms with Gasteiger partial charge in [0, 0.05) is 70.0 Å². The van der Waals surface area contributed by atoms with Crippen LogP contribution in [0.2, 0.25) is 0 Å². The van der Waals surface area contributed by atoms with Gasteiger partial charge < -0.3 is 20.4 Å². The van der Waals surface area contributed by atoms with Crippen LogP contribution in [0.1, 0.15) is 63.5 Å². The van der Waals surface area contributed by atoms with E-state index in [1.807, 2.05) is 30.3 Å². The first-order chi connectivity index (χ1) is 15.1. The Balaban J connectivity index is 1.25. The van der Waals surface area contributed by atoms with Gasteiger partial charge >= 0.3 is 6.03 Å². The Kier molecular flexibility index (Phi) is 9.59. The van der Waals surface area contributed by atoms with E-state index in [9.17, 15) is 9.59 Å². The van der Waals surface area contributed by atoms with Crippen molar-refractivity contribution in [1.82, 2.24) is 25.4 Å². The average molecular weight is 430 g/mol. The standard InChI is InChI=1S/C24H39N5O2/c1-28(22-13-18-29(19-14-22)17-12-20-8-5-6-15-25-20)23(30)11-7-16-26-24(31)27-21-9-3-2-4-10-21/h5-6,8,15,21-22H,2-4,7,9-14,16-19H2,1H3,(H2,26,27,31). The zero-order valence-electron chi connectivity index (χ0n) is 19.0. The van der Waals surface area contributed by atoms with Crippen molar-refractivity contribution in [2.75, 3.05) is 33.2 Å². The number of carbonyl (C=O) groups excluding carboxylic acids is 2. The summed E-state index contributed by atoms with van der Waals surface area (Å²) in [6.45, 7) is 3.62. The summed E-state index contributed by atoms with van der Waals surface area (Å²) in [5.41, 5.74) is 1.14. The first-order valence-corrected chi connectivity index (χ1v) is 12.0. The minimum atomic E-state index is -0.0919. The maximum absolute atomic E-state index is 12.6. The number of hydrogen-bond acceptors (Lipinski definition) is 4. The molecule has 0 aromatic carbocycles. The number of likely N-dealkylation sites (tertiary alicyclic amines) is 1. The van der Waals surface area contributed by atoms with E-state index in [1.165, 1.54) is 19.3 Å². The highest BCUT2D eigenvalue weighted by Gasteiger charge is 2.25. The Labute approximate surface area is 187 Å². The summed E-state index contributed by atoms with van der Waals surface area (Å²) in [6, 6.07) is 6.61. The van der Waals surface area contributed by atoms with Crippen molar-refractivity contribution in [3.05, 3.63) is 30.1 Å². The van der Waals surface area contributed by atoms with Gasteiger partial charge in [-0.05, 0) is 44.2 Å². The van der Waals surface area contributed by atoms with Crippen LogP contribution in [0.4, 0.5) is 4.79 Å². The summed E-state index contributed by atoms with van der Waals surface area (Å²) in [5, 5.41) is 5.96. The number of hydrogen-bond donors (Lipinski definition) is 2. The third-order valence-electron chi connectivity index (χ3n) is 6.70. The quantitative estimate of drug-likeness (QED) is 0.592. The third-order valence-corrected chi connectivity index (χ3v) is 6.70. The van der Waals surface area contributed by atoms with Crippen molar-refractivity contribution >= 4 is 11.9 Å². The highest BCUT2D eigenvalue weighted by Crippen LogP contribution is 2.18. The highest BCUT2D eigenvalue weighted by molar-refractivity contribution is 5.76. The predicted molar refractivity (Wildman–Crippen MR) is 123 cm³/mol. The van der Waals surface area contributed by atoms with Gasteiger partial charge in [0.2, 0.25) is 5.91 Å². The Morgan fingerprint density at radius 2 is 1.90 bits per heavy atom. The summed E-state index contributed by atoms with van der Waals surface area (Å²) >= 11 is 0. The van der Waals surface area contributed by atoms with E-state index in [-0.39, 0.29) is 11.9 Å². The fourth-order valence-electron chi connectivity index (χ4n) is 4.65. The van der Waals surface area contributed by atoms with Crippen LogP contribution >= 0.6 is 0 Å². The maximum Gasteiger partial charge on any atom is 0.315 e. The summed E-state index contributed by atoms with van der Waals surface area (Å²) in [6.07, 6.45) is 11.9. The van der Waals surface area contributed by atoms with E-state index in [0.717, 1.165) is 57.4 Å². The monoisotopic (exact) mass is 429 g/mol.